The van der Waals surface area contributed by atoms with Crippen LogP contribution < -0.4 is 14.4 Å². The van der Waals surface area contributed by atoms with E-state index in [1.807, 2.05) is 51.1 Å². The van der Waals surface area contributed by atoms with Gasteiger partial charge in [-0.2, -0.15) is 0 Å². The maximum Gasteiger partial charge on any atom is 0.264 e. The molecule has 2 amide bonds. The van der Waals surface area contributed by atoms with E-state index in [1.54, 1.807) is 55.5 Å². The molecule has 0 aliphatic heterocycles. The van der Waals surface area contributed by atoms with Gasteiger partial charge in [0.15, 0.2) is 0 Å². The average molecular weight is 697 g/mol. The summed E-state index contributed by atoms with van der Waals surface area (Å²) in [6, 6.07) is 27.7. The molecule has 0 spiro atoms. The van der Waals surface area contributed by atoms with Gasteiger partial charge in [-0.1, -0.05) is 77.8 Å². The van der Waals surface area contributed by atoms with Crippen molar-refractivity contribution in [3.8, 4) is 5.75 Å². The van der Waals surface area contributed by atoms with Crippen LogP contribution in [0.15, 0.2) is 108 Å². The zero-order valence-electron chi connectivity index (χ0n) is 26.8. The van der Waals surface area contributed by atoms with Gasteiger partial charge in [0.2, 0.25) is 11.8 Å². The number of hydrogen-bond acceptors (Lipinski definition) is 5. The third-order valence-corrected chi connectivity index (χ3v) is 9.43. The zero-order chi connectivity index (χ0) is 34.2. The van der Waals surface area contributed by atoms with E-state index in [0.29, 0.717) is 15.6 Å². The molecule has 0 saturated heterocycles. The number of para-hydroxylation sites is 2. The van der Waals surface area contributed by atoms with Crippen molar-refractivity contribution >= 4 is 50.7 Å². The van der Waals surface area contributed by atoms with Gasteiger partial charge in [-0.3, -0.25) is 13.9 Å². The second kappa shape index (κ2) is 15.7. The van der Waals surface area contributed by atoms with Crippen LogP contribution in [0.3, 0.4) is 0 Å². The number of hydrogen-bond donors (Lipinski definition) is 1. The molecule has 1 N–H and O–H groups in total. The van der Waals surface area contributed by atoms with Crippen molar-refractivity contribution in [2.24, 2.45) is 0 Å². The number of ether oxygens (including phenoxy) is 1. The predicted molar refractivity (Wildman–Crippen MR) is 187 cm³/mol. The van der Waals surface area contributed by atoms with Gasteiger partial charge in [-0.25, -0.2) is 8.42 Å². The molecule has 8 nitrogen and oxygen atoms in total. The molecule has 4 rings (SSSR count). The van der Waals surface area contributed by atoms with Gasteiger partial charge >= 0.3 is 0 Å². The van der Waals surface area contributed by atoms with Gasteiger partial charge in [-0.15, -0.1) is 0 Å². The maximum atomic E-state index is 14.7. The minimum atomic E-state index is -4.32. The fourth-order valence-corrected chi connectivity index (χ4v) is 6.66. The van der Waals surface area contributed by atoms with Crippen LogP contribution in [0.25, 0.3) is 0 Å². The maximum absolute atomic E-state index is 14.7. The van der Waals surface area contributed by atoms with E-state index in [0.717, 1.165) is 9.87 Å². The largest absolute Gasteiger partial charge is 0.492 e. The van der Waals surface area contributed by atoms with Gasteiger partial charge in [0.05, 0.1) is 17.2 Å². The van der Waals surface area contributed by atoms with Crippen molar-refractivity contribution in [3.63, 3.8) is 0 Å². The summed E-state index contributed by atoms with van der Waals surface area (Å²) in [6.45, 7) is 7.05. The molecule has 0 heterocycles. The summed E-state index contributed by atoms with van der Waals surface area (Å²) in [6.07, 6.45) is 0.196. The number of nitrogens with one attached hydrogen (secondary N) is 1. The summed E-state index contributed by atoms with van der Waals surface area (Å²) in [4.78, 5) is 30.0. The summed E-state index contributed by atoms with van der Waals surface area (Å²) in [7, 11) is -4.32. The van der Waals surface area contributed by atoms with Crippen LogP contribution in [-0.2, 0) is 32.6 Å². The third-order valence-electron chi connectivity index (χ3n) is 7.15. The monoisotopic (exact) mass is 695 g/mol. The average Bonchev–Trinajstić information content (AvgIpc) is 3.02. The zero-order valence-corrected chi connectivity index (χ0v) is 29.1. The number of nitrogens with zero attached hydrogens (tertiary/aromatic N) is 2. The summed E-state index contributed by atoms with van der Waals surface area (Å²) in [5.41, 5.74) is 1.14. The van der Waals surface area contributed by atoms with Crippen molar-refractivity contribution in [1.82, 2.24) is 10.2 Å². The Morgan fingerprint density at radius 3 is 1.98 bits per heavy atom. The number of anilines is 1. The smallest absolute Gasteiger partial charge is 0.264 e. The van der Waals surface area contributed by atoms with Crippen molar-refractivity contribution in [2.75, 3.05) is 17.5 Å². The van der Waals surface area contributed by atoms with Crippen LogP contribution in [0.2, 0.25) is 10.0 Å². The van der Waals surface area contributed by atoms with Gasteiger partial charge in [0.1, 0.15) is 18.3 Å². The molecule has 0 radical (unpaired) electrons. The molecule has 0 fully saturated rings. The number of benzene rings is 4. The third kappa shape index (κ3) is 9.73. The van der Waals surface area contributed by atoms with Crippen molar-refractivity contribution < 1.29 is 22.7 Å². The number of halogens is 2. The van der Waals surface area contributed by atoms with E-state index in [-0.39, 0.29) is 41.8 Å². The van der Waals surface area contributed by atoms with Gasteiger partial charge in [-0.05, 0) is 87.4 Å². The molecular formula is C36H39Cl2N3O5S. The summed E-state index contributed by atoms with van der Waals surface area (Å²) >= 11 is 12.2. The molecule has 47 heavy (non-hydrogen) atoms. The van der Waals surface area contributed by atoms with Crippen LogP contribution in [0, 0.1) is 0 Å². The highest BCUT2D eigenvalue weighted by Gasteiger charge is 2.36. The lowest BCUT2D eigenvalue weighted by Gasteiger charge is -2.35. The molecule has 0 aromatic heterocycles. The van der Waals surface area contributed by atoms with Crippen LogP contribution >= 0.6 is 23.2 Å². The number of carbonyl (C=O) groups is 2. The molecule has 0 saturated carbocycles. The van der Waals surface area contributed by atoms with Crippen LogP contribution in [0.1, 0.15) is 38.8 Å². The lowest BCUT2D eigenvalue weighted by molar-refractivity contribution is -0.140. The Morgan fingerprint density at radius 2 is 1.38 bits per heavy atom. The SMILES string of the molecule is CCOc1ccccc1N(CC(=O)N(Cc1ccc(Cl)cc1)C(Cc1ccccc1)C(=O)NC(C)(C)C)S(=O)(=O)c1ccc(Cl)cc1. The summed E-state index contributed by atoms with van der Waals surface area (Å²) in [5.74, 6) is -0.671. The highest BCUT2D eigenvalue weighted by Crippen LogP contribution is 2.33. The van der Waals surface area contributed by atoms with E-state index < -0.39 is 34.1 Å². The Hall–Kier alpha value is -4.05. The first kappa shape index (κ1) is 35.8. The number of carbonyl (C=O) groups excluding carboxylic acids is 2. The molecule has 0 bridgehead atoms. The normalized spacial score (nSPS) is 12.2. The van der Waals surface area contributed by atoms with E-state index >= 15 is 0 Å². The van der Waals surface area contributed by atoms with Crippen LogP contribution in [0.4, 0.5) is 5.69 Å². The highest BCUT2D eigenvalue weighted by molar-refractivity contribution is 7.92. The summed E-state index contributed by atoms with van der Waals surface area (Å²) in [5, 5.41) is 3.91. The second-order valence-electron chi connectivity index (χ2n) is 12.0. The fourth-order valence-electron chi connectivity index (χ4n) is 4.98. The van der Waals surface area contributed by atoms with E-state index in [4.69, 9.17) is 27.9 Å². The fraction of sp³-hybridized carbons (Fsp3) is 0.278. The molecule has 0 aliphatic carbocycles. The molecule has 4 aromatic rings. The van der Waals surface area contributed by atoms with Crippen molar-refractivity contribution in [2.45, 2.75) is 57.1 Å². The lowest BCUT2D eigenvalue weighted by Crippen LogP contribution is -2.56. The first-order valence-electron chi connectivity index (χ1n) is 15.2. The molecule has 11 heteroatoms. The Labute approximate surface area is 287 Å². The highest BCUT2D eigenvalue weighted by atomic mass is 35.5. The van der Waals surface area contributed by atoms with Crippen LogP contribution in [-0.4, -0.2) is 49.9 Å². The molecule has 4 aromatic carbocycles. The predicted octanol–water partition coefficient (Wildman–Crippen LogP) is 7.14. The molecule has 1 unspecified atom stereocenters. The quantitative estimate of drug-likeness (QED) is 0.160. The van der Waals surface area contributed by atoms with E-state index in [9.17, 15) is 18.0 Å². The minimum Gasteiger partial charge on any atom is -0.492 e. The first-order valence-corrected chi connectivity index (χ1v) is 17.4. The number of sulfonamides is 1. The second-order valence-corrected chi connectivity index (χ2v) is 14.7. The van der Waals surface area contributed by atoms with E-state index in [2.05, 4.69) is 5.32 Å². The first-order chi connectivity index (χ1) is 22.3. The lowest BCUT2D eigenvalue weighted by atomic mass is 10.0. The Morgan fingerprint density at radius 1 is 0.809 bits per heavy atom. The molecule has 248 valence electrons. The van der Waals surface area contributed by atoms with Crippen molar-refractivity contribution in [3.05, 3.63) is 124 Å². The standard InChI is InChI=1S/C36H39Cl2N3O5S/c1-5-46-33-14-10-9-13-31(33)41(47(44,45)30-21-19-29(38)20-22-30)25-34(42)40(24-27-15-17-28(37)18-16-27)32(35(43)39-36(2,3)4)23-26-11-7-6-8-12-26/h6-22,32H,5,23-25H2,1-4H3,(H,39,43). The van der Waals surface area contributed by atoms with Gasteiger partial charge < -0.3 is 15.0 Å². The Kier molecular flexibility index (Phi) is 12.0. The Balaban J connectivity index is 1.85. The number of rotatable bonds is 13. The number of amides is 2. The molecular weight excluding hydrogens is 657 g/mol. The minimum absolute atomic E-state index is 0.0208. The van der Waals surface area contributed by atoms with E-state index in [1.165, 1.54) is 29.2 Å². The molecule has 1 atom stereocenters. The van der Waals surface area contributed by atoms with Crippen LogP contribution in [0.5, 0.6) is 5.75 Å². The van der Waals surface area contributed by atoms with Gasteiger partial charge in [0.25, 0.3) is 10.0 Å². The molecule has 0 aliphatic rings. The summed E-state index contributed by atoms with van der Waals surface area (Å²) < 4.78 is 35.4. The Bertz CT molecular complexity index is 1760. The topological polar surface area (TPSA) is 96.0 Å². The van der Waals surface area contributed by atoms with Gasteiger partial charge in [0, 0.05) is 28.5 Å². The van der Waals surface area contributed by atoms with Crippen molar-refractivity contribution in [1.29, 1.82) is 0 Å².